The molecule has 0 aliphatic heterocycles. The first kappa shape index (κ1) is 33.7. The standard InChI is InChI=1S/C21H40O2.Na.H2O4S.H/c1-3-5-6-7-8-9-10-11-12-13-14-15-16-17-18-19-21(22)23-20-4-2;;1-5(2,3)4;/h11-12H,3-10,13-20H2,1-2H3;;(H2,1,2,3,4);. The Labute approximate surface area is 201 Å². The normalized spacial score (nSPS) is 10.9. The maximum absolute atomic E-state index is 11.3. The van der Waals surface area contributed by atoms with Gasteiger partial charge in [-0.15, -0.1) is 0 Å². The van der Waals surface area contributed by atoms with Crippen LogP contribution >= 0.6 is 0 Å². The first-order valence-electron chi connectivity index (χ1n) is 10.8. The van der Waals surface area contributed by atoms with E-state index < -0.39 is 10.4 Å². The van der Waals surface area contributed by atoms with E-state index in [1.807, 2.05) is 6.92 Å². The van der Waals surface area contributed by atoms with E-state index in [0.29, 0.717) is 13.0 Å². The molecule has 0 aromatic carbocycles. The summed E-state index contributed by atoms with van der Waals surface area (Å²) in [6.45, 7) is 4.86. The van der Waals surface area contributed by atoms with Crippen LogP contribution in [0.15, 0.2) is 12.2 Å². The van der Waals surface area contributed by atoms with E-state index in [9.17, 15) is 4.79 Å². The fourth-order valence-electron chi connectivity index (χ4n) is 2.63. The molecule has 8 heteroatoms. The molecule has 0 heterocycles. The summed E-state index contributed by atoms with van der Waals surface area (Å²) in [5.41, 5.74) is 0. The minimum atomic E-state index is -4.67. The van der Waals surface area contributed by atoms with Crippen LogP contribution in [-0.4, -0.2) is 59.7 Å². The third kappa shape index (κ3) is 43.0. The second-order valence-corrected chi connectivity index (χ2v) is 7.90. The summed E-state index contributed by atoms with van der Waals surface area (Å²) in [5, 5.41) is 0. The van der Waals surface area contributed by atoms with Crippen LogP contribution in [-0.2, 0) is 19.9 Å². The van der Waals surface area contributed by atoms with Crippen molar-refractivity contribution in [3.05, 3.63) is 12.2 Å². The van der Waals surface area contributed by atoms with Crippen molar-refractivity contribution in [2.24, 2.45) is 0 Å². The predicted octanol–water partition coefficient (Wildman–Crippen LogP) is 5.68. The van der Waals surface area contributed by atoms with Gasteiger partial charge < -0.3 is 4.74 Å². The maximum atomic E-state index is 11.3. The molecule has 0 aliphatic carbocycles. The first-order valence-corrected chi connectivity index (χ1v) is 12.2. The summed E-state index contributed by atoms with van der Waals surface area (Å²) < 4.78 is 36.6. The Hall–Kier alpha value is 0.0800. The molecular weight excluding hydrogens is 403 g/mol. The van der Waals surface area contributed by atoms with Crippen LogP contribution < -0.4 is 0 Å². The average molecular weight is 447 g/mol. The molecule has 0 unspecified atom stereocenters. The van der Waals surface area contributed by atoms with Gasteiger partial charge in [0.25, 0.3) is 0 Å². The van der Waals surface area contributed by atoms with Crippen LogP contribution in [0.4, 0.5) is 0 Å². The molecule has 0 amide bonds. The molecule has 0 atom stereocenters. The second kappa shape index (κ2) is 26.1. The molecule has 0 bridgehead atoms. The van der Waals surface area contributed by atoms with Crippen molar-refractivity contribution in [2.75, 3.05) is 6.61 Å². The Kier molecular flexibility index (Phi) is 30.4. The van der Waals surface area contributed by atoms with Crippen LogP contribution in [0.5, 0.6) is 0 Å². The number of carbonyl (C=O) groups excluding carboxylic acids is 1. The van der Waals surface area contributed by atoms with Gasteiger partial charge in [-0.2, -0.15) is 8.42 Å². The molecular formula is C21H43NaO6S. The van der Waals surface area contributed by atoms with Gasteiger partial charge in [-0.05, 0) is 38.5 Å². The molecule has 0 saturated heterocycles. The molecule has 0 fully saturated rings. The van der Waals surface area contributed by atoms with E-state index in [4.69, 9.17) is 22.3 Å². The molecule has 6 nitrogen and oxygen atoms in total. The molecule has 0 aliphatic rings. The van der Waals surface area contributed by atoms with Gasteiger partial charge in [0.1, 0.15) is 0 Å². The zero-order valence-electron chi connectivity index (χ0n) is 17.9. The summed E-state index contributed by atoms with van der Waals surface area (Å²) in [6.07, 6.45) is 23.0. The van der Waals surface area contributed by atoms with E-state index in [1.165, 1.54) is 70.6 Å². The molecule has 2 N–H and O–H groups in total. The summed E-state index contributed by atoms with van der Waals surface area (Å²) in [7, 11) is -4.67. The van der Waals surface area contributed by atoms with Crippen LogP contribution in [0.25, 0.3) is 0 Å². The van der Waals surface area contributed by atoms with Gasteiger partial charge in [0.05, 0.1) is 6.61 Å². The molecule has 29 heavy (non-hydrogen) atoms. The molecule has 0 aromatic heterocycles. The van der Waals surface area contributed by atoms with Gasteiger partial charge in [-0.3, -0.25) is 13.9 Å². The van der Waals surface area contributed by atoms with Crippen LogP contribution in [0.2, 0.25) is 0 Å². The van der Waals surface area contributed by atoms with Crippen molar-refractivity contribution >= 4 is 45.9 Å². The molecule has 0 aromatic rings. The molecule has 0 radical (unpaired) electrons. The monoisotopic (exact) mass is 446 g/mol. The predicted molar refractivity (Wildman–Crippen MR) is 122 cm³/mol. The fourth-order valence-corrected chi connectivity index (χ4v) is 2.63. The number of rotatable bonds is 17. The summed E-state index contributed by atoms with van der Waals surface area (Å²) in [5.74, 6) is -0.0236. The number of hydrogen-bond acceptors (Lipinski definition) is 4. The van der Waals surface area contributed by atoms with Gasteiger partial charge in [-0.25, -0.2) is 0 Å². The minimum absolute atomic E-state index is 0. The van der Waals surface area contributed by atoms with Gasteiger partial charge >= 0.3 is 45.9 Å². The number of hydrogen-bond donors (Lipinski definition) is 2. The van der Waals surface area contributed by atoms with Crippen molar-refractivity contribution in [1.82, 2.24) is 0 Å². The van der Waals surface area contributed by atoms with Gasteiger partial charge in [-0.1, -0.05) is 77.4 Å². The van der Waals surface area contributed by atoms with Gasteiger partial charge in [0, 0.05) is 6.42 Å². The van der Waals surface area contributed by atoms with Crippen LogP contribution in [0.3, 0.4) is 0 Å². The van der Waals surface area contributed by atoms with Crippen molar-refractivity contribution in [2.45, 2.75) is 110 Å². The van der Waals surface area contributed by atoms with E-state index in [-0.39, 0.29) is 35.5 Å². The van der Waals surface area contributed by atoms with Gasteiger partial charge in [0.15, 0.2) is 0 Å². The number of allylic oxidation sites excluding steroid dienone is 2. The molecule has 170 valence electrons. The quantitative estimate of drug-likeness (QED) is 0.0980. The van der Waals surface area contributed by atoms with Gasteiger partial charge in [0.2, 0.25) is 0 Å². The molecule has 0 spiro atoms. The Morgan fingerprint density at radius 1 is 0.759 bits per heavy atom. The van der Waals surface area contributed by atoms with E-state index in [2.05, 4.69) is 19.1 Å². The van der Waals surface area contributed by atoms with Crippen molar-refractivity contribution in [3.8, 4) is 0 Å². The molecule has 0 saturated carbocycles. The number of carbonyl (C=O) groups is 1. The summed E-state index contributed by atoms with van der Waals surface area (Å²) >= 11 is 0. The Morgan fingerprint density at radius 2 is 1.17 bits per heavy atom. The van der Waals surface area contributed by atoms with Crippen LogP contribution in [0, 0.1) is 0 Å². The summed E-state index contributed by atoms with van der Waals surface area (Å²) in [6, 6.07) is 0. The van der Waals surface area contributed by atoms with Crippen LogP contribution in [0.1, 0.15) is 110 Å². The van der Waals surface area contributed by atoms with Crippen molar-refractivity contribution < 1.29 is 27.1 Å². The Balaban J connectivity index is -0.000000997. The SMILES string of the molecule is CCCCCCCCC=CCCCCCCCC(=O)OCCC.O=S(=O)(O)O.[NaH]. The average Bonchev–Trinajstić information content (AvgIpc) is 2.61. The first-order chi connectivity index (χ1) is 13.3. The number of esters is 1. The van der Waals surface area contributed by atoms with E-state index in [1.54, 1.807) is 0 Å². The summed E-state index contributed by atoms with van der Waals surface area (Å²) in [4.78, 5) is 11.3. The van der Waals surface area contributed by atoms with E-state index >= 15 is 0 Å². The Bertz CT molecular complexity index is 458. The van der Waals surface area contributed by atoms with Crippen molar-refractivity contribution in [1.29, 1.82) is 0 Å². The number of ether oxygens (including phenoxy) is 1. The third-order valence-electron chi connectivity index (χ3n) is 4.11. The second-order valence-electron chi connectivity index (χ2n) is 7.00. The van der Waals surface area contributed by atoms with Crippen molar-refractivity contribution in [3.63, 3.8) is 0 Å². The number of unbranched alkanes of at least 4 members (excludes halogenated alkanes) is 11. The topological polar surface area (TPSA) is 101 Å². The molecule has 0 rings (SSSR count). The zero-order chi connectivity index (χ0) is 21.5. The Morgan fingerprint density at radius 3 is 1.62 bits per heavy atom. The zero-order valence-corrected chi connectivity index (χ0v) is 18.7. The van der Waals surface area contributed by atoms with E-state index in [0.717, 1.165) is 19.3 Å². The third-order valence-corrected chi connectivity index (χ3v) is 4.11. The fraction of sp³-hybridized carbons (Fsp3) is 0.857.